The molecule has 1 heterocycles. The van der Waals surface area contributed by atoms with Crippen molar-refractivity contribution in [2.75, 3.05) is 0 Å². The summed E-state index contributed by atoms with van der Waals surface area (Å²) in [5.74, 6) is 0.846. The molecule has 1 unspecified atom stereocenters. The lowest BCUT2D eigenvalue weighted by molar-refractivity contribution is 0.294. The monoisotopic (exact) mass is 273 g/mol. The van der Waals surface area contributed by atoms with Crippen LogP contribution in [-0.4, -0.2) is 9.78 Å². The van der Waals surface area contributed by atoms with Gasteiger partial charge in [-0.2, -0.15) is 5.10 Å². The number of hydrogen-bond acceptors (Lipinski definition) is 3. The second kappa shape index (κ2) is 6.09. The molecule has 2 N–H and O–H groups in total. The first kappa shape index (κ1) is 14.6. The smallest absolute Gasteiger partial charge is 0.132 e. The molecule has 2 rings (SSSR count). The number of aromatic nitrogens is 2. The Kier molecular flexibility index (Phi) is 4.45. The van der Waals surface area contributed by atoms with Gasteiger partial charge in [-0.05, 0) is 45.4 Å². The molecule has 0 aliphatic carbocycles. The van der Waals surface area contributed by atoms with E-state index < -0.39 is 0 Å². The Morgan fingerprint density at radius 3 is 2.60 bits per heavy atom. The molecule has 1 aromatic carbocycles. The average molecular weight is 273 g/mol. The van der Waals surface area contributed by atoms with Crippen LogP contribution in [0.4, 0.5) is 0 Å². The molecule has 4 nitrogen and oxygen atoms in total. The van der Waals surface area contributed by atoms with Crippen molar-refractivity contribution in [1.29, 1.82) is 0 Å². The minimum atomic E-state index is -0.0428. The van der Waals surface area contributed by atoms with Crippen LogP contribution < -0.4 is 10.5 Å². The molecule has 20 heavy (non-hydrogen) atoms. The highest BCUT2D eigenvalue weighted by molar-refractivity contribution is 5.39. The number of ether oxygens (including phenoxy) is 1. The van der Waals surface area contributed by atoms with E-state index in [4.69, 9.17) is 10.5 Å². The van der Waals surface area contributed by atoms with E-state index in [0.717, 1.165) is 22.6 Å². The van der Waals surface area contributed by atoms with Gasteiger partial charge in [0.1, 0.15) is 12.4 Å². The van der Waals surface area contributed by atoms with Crippen molar-refractivity contribution in [1.82, 2.24) is 9.78 Å². The van der Waals surface area contributed by atoms with Crippen molar-refractivity contribution >= 4 is 0 Å². The summed E-state index contributed by atoms with van der Waals surface area (Å²) in [6.07, 6.45) is 1.98. The van der Waals surface area contributed by atoms with Gasteiger partial charge in [0.05, 0.1) is 5.69 Å². The lowest BCUT2D eigenvalue weighted by atomic mass is 10.1. The fraction of sp³-hybridized carbons (Fsp3) is 0.438. The van der Waals surface area contributed by atoms with Gasteiger partial charge < -0.3 is 10.5 Å². The number of benzene rings is 1. The first-order valence-corrected chi connectivity index (χ1v) is 7.00. The van der Waals surface area contributed by atoms with Gasteiger partial charge in [0.15, 0.2) is 0 Å². The summed E-state index contributed by atoms with van der Waals surface area (Å²) in [7, 11) is 0. The first-order chi connectivity index (χ1) is 9.47. The summed E-state index contributed by atoms with van der Waals surface area (Å²) in [6.45, 7) is 8.68. The van der Waals surface area contributed by atoms with Gasteiger partial charge in [0.2, 0.25) is 0 Å². The predicted octanol–water partition coefficient (Wildman–Crippen LogP) is 3.37. The summed E-state index contributed by atoms with van der Waals surface area (Å²) in [5, 5.41) is 4.48. The third-order valence-electron chi connectivity index (χ3n) is 3.23. The maximum absolute atomic E-state index is 5.98. The summed E-state index contributed by atoms with van der Waals surface area (Å²) in [6, 6.07) is 8.42. The summed E-state index contributed by atoms with van der Waals surface area (Å²) < 4.78 is 7.83. The van der Waals surface area contributed by atoms with Crippen LogP contribution >= 0.6 is 0 Å². The van der Waals surface area contributed by atoms with Crippen LogP contribution in [0.2, 0.25) is 0 Å². The van der Waals surface area contributed by atoms with Crippen LogP contribution in [0.5, 0.6) is 5.75 Å². The first-order valence-electron chi connectivity index (χ1n) is 7.00. The molecular weight excluding hydrogens is 250 g/mol. The van der Waals surface area contributed by atoms with Crippen LogP contribution in [0.3, 0.4) is 0 Å². The molecule has 0 fully saturated rings. The Morgan fingerprint density at radius 2 is 2.00 bits per heavy atom. The van der Waals surface area contributed by atoms with Gasteiger partial charge in [-0.3, -0.25) is 4.68 Å². The molecule has 0 radical (unpaired) electrons. The highest BCUT2D eigenvalue weighted by Gasteiger charge is 2.09. The summed E-state index contributed by atoms with van der Waals surface area (Å²) in [4.78, 5) is 0. The highest BCUT2D eigenvalue weighted by Crippen LogP contribution is 2.25. The normalized spacial score (nSPS) is 12.7. The average Bonchev–Trinajstić information content (AvgIpc) is 2.85. The fourth-order valence-corrected chi connectivity index (χ4v) is 2.04. The Balaban J connectivity index is 2.11. The molecule has 0 saturated heterocycles. The number of hydrogen-bond donors (Lipinski definition) is 1. The largest absolute Gasteiger partial charge is 0.487 e. The zero-order valence-corrected chi connectivity index (χ0v) is 12.6. The van der Waals surface area contributed by atoms with Gasteiger partial charge in [0.25, 0.3) is 0 Å². The van der Waals surface area contributed by atoms with E-state index >= 15 is 0 Å². The van der Waals surface area contributed by atoms with Crippen LogP contribution in [0.15, 0.2) is 30.5 Å². The third-order valence-corrected chi connectivity index (χ3v) is 3.23. The lowest BCUT2D eigenvalue weighted by Crippen LogP contribution is -2.09. The zero-order valence-electron chi connectivity index (χ0n) is 12.6. The number of rotatable bonds is 5. The topological polar surface area (TPSA) is 53.1 Å². The minimum Gasteiger partial charge on any atom is -0.487 e. The molecule has 0 aliphatic heterocycles. The Bertz CT molecular complexity index is 573. The second-order valence-electron chi connectivity index (χ2n) is 5.50. The molecule has 2 aromatic rings. The Hall–Kier alpha value is -1.81. The number of nitrogens with two attached hydrogens (primary N) is 1. The minimum absolute atomic E-state index is 0.0428. The van der Waals surface area contributed by atoms with Gasteiger partial charge >= 0.3 is 0 Å². The lowest BCUT2D eigenvalue weighted by Gasteiger charge is -2.14. The van der Waals surface area contributed by atoms with E-state index in [1.54, 1.807) is 0 Å². The molecule has 108 valence electrons. The van der Waals surface area contributed by atoms with Crippen LogP contribution in [0, 0.1) is 6.92 Å². The SMILES string of the molecule is Cc1ccc(C(C)N)c(OCc2ccn(C(C)C)n2)c1. The van der Waals surface area contributed by atoms with Crippen molar-refractivity contribution in [3.63, 3.8) is 0 Å². The maximum atomic E-state index is 5.98. The molecule has 1 atom stereocenters. The van der Waals surface area contributed by atoms with Gasteiger partial charge in [-0.15, -0.1) is 0 Å². The second-order valence-corrected chi connectivity index (χ2v) is 5.50. The van der Waals surface area contributed by atoms with E-state index in [1.165, 1.54) is 0 Å². The Labute approximate surface area is 120 Å². The molecular formula is C16H23N3O. The molecule has 0 bridgehead atoms. The highest BCUT2D eigenvalue weighted by atomic mass is 16.5. The maximum Gasteiger partial charge on any atom is 0.132 e. The molecule has 0 spiro atoms. The summed E-state index contributed by atoms with van der Waals surface area (Å²) in [5.41, 5.74) is 9.10. The van der Waals surface area contributed by atoms with E-state index in [9.17, 15) is 0 Å². The van der Waals surface area contributed by atoms with Gasteiger partial charge in [0, 0.05) is 23.8 Å². The Morgan fingerprint density at radius 1 is 1.25 bits per heavy atom. The standard InChI is InChI=1S/C16H23N3O/c1-11(2)19-8-7-14(18-19)10-20-16-9-12(3)5-6-15(16)13(4)17/h5-9,11,13H,10,17H2,1-4H3. The van der Waals surface area contributed by atoms with E-state index in [1.807, 2.05) is 42.9 Å². The molecule has 4 heteroatoms. The van der Waals surface area contributed by atoms with E-state index in [-0.39, 0.29) is 6.04 Å². The van der Waals surface area contributed by atoms with Crippen molar-refractivity contribution in [2.45, 2.75) is 46.4 Å². The van der Waals surface area contributed by atoms with Gasteiger partial charge in [-0.1, -0.05) is 12.1 Å². The van der Waals surface area contributed by atoms with Crippen molar-refractivity contribution in [2.24, 2.45) is 5.73 Å². The molecule has 0 saturated carbocycles. The van der Waals surface area contributed by atoms with Crippen molar-refractivity contribution in [3.05, 3.63) is 47.3 Å². The molecule has 1 aromatic heterocycles. The third kappa shape index (κ3) is 3.39. The number of nitrogens with zero attached hydrogens (tertiary/aromatic N) is 2. The van der Waals surface area contributed by atoms with E-state index in [2.05, 4.69) is 25.0 Å². The van der Waals surface area contributed by atoms with E-state index in [0.29, 0.717) is 12.6 Å². The number of aryl methyl sites for hydroxylation is 1. The zero-order chi connectivity index (χ0) is 14.7. The van der Waals surface area contributed by atoms with Gasteiger partial charge in [-0.25, -0.2) is 0 Å². The summed E-state index contributed by atoms with van der Waals surface area (Å²) >= 11 is 0. The van der Waals surface area contributed by atoms with Crippen LogP contribution in [0.1, 0.15) is 49.7 Å². The van der Waals surface area contributed by atoms with Crippen LogP contribution in [-0.2, 0) is 6.61 Å². The van der Waals surface area contributed by atoms with Crippen LogP contribution in [0.25, 0.3) is 0 Å². The van der Waals surface area contributed by atoms with Crippen molar-refractivity contribution < 1.29 is 4.74 Å². The molecule has 0 aliphatic rings. The molecule has 0 amide bonds. The van der Waals surface area contributed by atoms with Crippen molar-refractivity contribution in [3.8, 4) is 5.75 Å². The predicted molar refractivity (Wildman–Crippen MR) is 80.7 cm³/mol. The quantitative estimate of drug-likeness (QED) is 0.908. The fourth-order valence-electron chi connectivity index (χ4n) is 2.04.